The molecule has 1 rings (SSSR count). The van der Waals surface area contributed by atoms with Gasteiger partial charge in [-0.25, -0.2) is 10.8 Å². The van der Waals surface area contributed by atoms with Crippen LogP contribution in [0, 0.1) is 0 Å². The van der Waals surface area contributed by atoms with Crippen molar-refractivity contribution >= 4 is 17.4 Å². The third-order valence-electron chi connectivity index (χ3n) is 2.12. The molecule has 1 aromatic rings. The smallest absolute Gasteiger partial charge is 0.242 e. The van der Waals surface area contributed by atoms with Crippen LogP contribution in [0.1, 0.15) is 20.8 Å². The molecule has 1 amide bonds. The van der Waals surface area contributed by atoms with E-state index in [1.54, 1.807) is 25.3 Å². The van der Waals surface area contributed by atoms with E-state index in [4.69, 9.17) is 5.84 Å². The molecule has 1 atom stereocenters. The topological polar surface area (TPSA) is 92.1 Å². The van der Waals surface area contributed by atoms with Gasteiger partial charge in [0.15, 0.2) is 0 Å². The van der Waals surface area contributed by atoms with Gasteiger partial charge in [0.05, 0.1) is 0 Å². The molecular weight excluding hydrogens is 218 g/mol. The Morgan fingerprint density at radius 1 is 1.41 bits per heavy atom. The van der Waals surface area contributed by atoms with Gasteiger partial charge in [-0.1, -0.05) is 0 Å². The number of hydrogen-bond acceptors (Lipinski definition) is 5. The number of nitrogens with one attached hydrogen (secondary N) is 3. The molecule has 6 heteroatoms. The lowest BCUT2D eigenvalue weighted by atomic mass is 10.2. The minimum absolute atomic E-state index is 0.0425. The molecule has 0 aliphatic carbocycles. The summed E-state index contributed by atoms with van der Waals surface area (Å²) in [5, 5.41) is 5.91. The first kappa shape index (κ1) is 13.2. The quantitative estimate of drug-likeness (QED) is 0.447. The Kier molecular flexibility index (Phi) is 4.71. The Hall–Kier alpha value is -1.82. The van der Waals surface area contributed by atoms with Crippen LogP contribution in [0.25, 0.3) is 0 Å². The number of hydrazine groups is 1. The van der Waals surface area contributed by atoms with Crippen LogP contribution < -0.4 is 21.9 Å². The minimum Gasteiger partial charge on any atom is -0.374 e. The van der Waals surface area contributed by atoms with Gasteiger partial charge in [-0.15, -0.1) is 0 Å². The number of nitrogens with zero attached hydrogens (tertiary/aromatic N) is 1. The molecule has 0 saturated heterocycles. The Morgan fingerprint density at radius 2 is 2.12 bits per heavy atom. The molecule has 0 saturated carbocycles. The second-order valence-corrected chi connectivity index (χ2v) is 4.10. The molecule has 17 heavy (non-hydrogen) atoms. The molecule has 1 heterocycles. The second-order valence-electron chi connectivity index (χ2n) is 4.10. The van der Waals surface area contributed by atoms with Crippen molar-refractivity contribution in [1.82, 2.24) is 10.3 Å². The van der Waals surface area contributed by atoms with Gasteiger partial charge in [-0.3, -0.25) is 4.79 Å². The van der Waals surface area contributed by atoms with Gasteiger partial charge in [-0.05, 0) is 26.8 Å². The lowest BCUT2D eigenvalue weighted by Crippen LogP contribution is -2.40. The number of carbonyl (C=O) groups excluding carboxylic acids is 1. The summed E-state index contributed by atoms with van der Waals surface area (Å²) >= 11 is 0. The van der Waals surface area contributed by atoms with Crippen molar-refractivity contribution < 1.29 is 4.79 Å². The second kappa shape index (κ2) is 6.05. The maximum atomic E-state index is 11.7. The van der Waals surface area contributed by atoms with E-state index in [1.165, 1.54) is 0 Å². The molecule has 0 aromatic carbocycles. The van der Waals surface area contributed by atoms with E-state index in [9.17, 15) is 4.79 Å². The normalized spacial score (nSPS) is 12.1. The molecule has 5 N–H and O–H groups in total. The molecule has 0 aliphatic rings. The third-order valence-corrected chi connectivity index (χ3v) is 2.12. The first-order chi connectivity index (χ1) is 8.02. The molecule has 0 bridgehead atoms. The molecule has 0 spiro atoms. The van der Waals surface area contributed by atoms with Gasteiger partial charge in [0.25, 0.3) is 0 Å². The van der Waals surface area contributed by atoms with Gasteiger partial charge in [0, 0.05) is 24.0 Å². The predicted octanol–water partition coefficient (Wildman–Crippen LogP) is 0.692. The summed E-state index contributed by atoms with van der Waals surface area (Å²) < 4.78 is 0. The first-order valence-electron chi connectivity index (χ1n) is 5.52. The molecule has 1 aromatic heterocycles. The zero-order valence-corrected chi connectivity index (χ0v) is 10.3. The summed E-state index contributed by atoms with van der Waals surface area (Å²) in [6.45, 7) is 5.65. The number of nitrogen functional groups attached to an aromatic ring is 1. The highest BCUT2D eigenvalue weighted by molar-refractivity contribution is 5.84. The van der Waals surface area contributed by atoms with Gasteiger partial charge in [0.2, 0.25) is 5.91 Å². The number of aromatic nitrogens is 1. The van der Waals surface area contributed by atoms with E-state index >= 15 is 0 Å². The summed E-state index contributed by atoms with van der Waals surface area (Å²) in [4.78, 5) is 15.7. The first-order valence-corrected chi connectivity index (χ1v) is 5.52. The number of rotatable bonds is 5. The Labute approximate surface area is 101 Å². The van der Waals surface area contributed by atoms with E-state index in [0.29, 0.717) is 5.82 Å². The molecule has 0 radical (unpaired) electrons. The zero-order chi connectivity index (χ0) is 12.8. The van der Waals surface area contributed by atoms with E-state index in [0.717, 1.165) is 5.69 Å². The number of carbonyl (C=O) groups is 1. The highest BCUT2D eigenvalue weighted by Gasteiger charge is 2.13. The van der Waals surface area contributed by atoms with Gasteiger partial charge < -0.3 is 16.1 Å². The Morgan fingerprint density at radius 3 is 2.71 bits per heavy atom. The molecule has 94 valence electrons. The third kappa shape index (κ3) is 4.28. The highest BCUT2D eigenvalue weighted by Crippen LogP contribution is 2.11. The number of amides is 1. The summed E-state index contributed by atoms with van der Waals surface area (Å²) in [5.74, 6) is 5.76. The van der Waals surface area contributed by atoms with Crippen molar-refractivity contribution in [1.29, 1.82) is 0 Å². The van der Waals surface area contributed by atoms with Crippen molar-refractivity contribution in [3.05, 3.63) is 18.3 Å². The Balaban J connectivity index is 2.60. The maximum Gasteiger partial charge on any atom is 0.242 e. The maximum absolute atomic E-state index is 11.7. The van der Waals surface area contributed by atoms with Crippen LogP contribution in [0.3, 0.4) is 0 Å². The van der Waals surface area contributed by atoms with Gasteiger partial charge in [-0.2, -0.15) is 0 Å². The SMILES string of the molecule is CC(C)NC(=O)C(C)Nc1ccnc(NN)c1. The van der Waals surface area contributed by atoms with Crippen molar-refractivity contribution in [3.8, 4) is 0 Å². The number of nitrogens with two attached hydrogens (primary N) is 1. The monoisotopic (exact) mass is 237 g/mol. The fraction of sp³-hybridized carbons (Fsp3) is 0.455. The molecule has 6 nitrogen and oxygen atoms in total. The lowest BCUT2D eigenvalue weighted by Gasteiger charge is -2.17. The fourth-order valence-corrected chi connectivity index (χ4v) is 1.32. The number of hydrogen-bond donors (Lipinski definition) is 4. The van der Waals surface area contributed by atoms with Crippen LogP contribution in [-0.2, 0) is 4.79 Å². The number of anilines is 2. The average molecular weight is 237 g/mol. The summed E-state index contributed by atoms with van der Waals surface area (Å²) in [6, 6.07) is 3.33. The van der Waals surface area contributed by atoms with Crippen LogP contribution in [-0.4, -0.2) is 23.0 Å². The van der Waals surface area contributed by atoms with Crippen molar-refractivity contribution in [2.45, 2.75) is 32.9 Å². The summed E-state index contributed by atoms with van der Waals surface area (Å²) in [6.07, 6.45) is 1.62. The Bertz CT molecular complexity index is 380. The van der Waals surface area contributed by atoms with Crippen LogP contribution in [0.15, 0.2) is 18.3 Å². The predicted molar refractivity (Wildman–Crippen MR) is 68.4 cm³/mol. The molecule has 0 fully saturated rings. The highest BCUT2D eigenvalue weighted by atomic mass is 16.2. The largest absolute Gasteiger partial charge is 0.374 e. The standard InChI is InChI=1S/C11H19N5O/c1-7(2)14-11(17)8(3)15-9-4-5-13-10(6-9)16-12/h4-8H,12H2,1-3H3,(H,14,17)(H2,13,15,16). The summed E-state index contributed by atoms with van der Waals surface area (Å²) in [5.41, 5.74) is 3.24. The van der Waals surface area contributed by atoms with Crippen molar-refractivity contribution in [2.24, 2.45) is 5.84 Å². The number of pyridine rings is 1. The van der Waals surface area contributed by atoms with Crippen LogP contribution in [0.2, 0.25) is 0 Å². The summed E-state index contributed by atoms with van der Waals surface area (Å²) in [7, 11) is 0. The van der Waals surface area contributed by atoms with Crippen molar-refractivity contribution in [2.75, 3.05) is 10.7 Å². The van der Waals surface area contributed by atoms with Crippen LogP contribution in [0.4, 0.5) is 11.5 Å². The van der Waals surface area contributed by atoms with E-state index in [-0.39, 0.29) is 18.0 Å². The van der Waals surface area contributed by atoms with Crippen molar-refractivity contribution in [3.63, 3.8) is 0 Å². The van der Waals surface area contributed by atoms with Crippen LogP contribution in [0.5, 0.6) is 0 Å². The fourth-order valence-electron chi connectivity index (χ4n) is 1.32. The van der Waals surface area contributed by atoms with E-state index in [2.05, 4.69) is 21.0 Å². The zero-order valence-electron chi connectivity index (χ0n) is 10.3. The molecule has 1 unspecified atom stereocenters. The van der Waals surface area contributed by atoms with Gasteiger partial charge in [0.1, 0.15) is 11.9 Å². The van der Waals surface area contributed by atoms with Crippen LogP contribution >= 0.6 is 0 Å². The minimum atomic E-state index is -0.314. The van der Waals surface area contributed by atoms with Gasteiger partial charge >= 0.3 is 0 Å². The molecule has 0 aliphatic heterocycles. The average Bonchev–Trinajstić information content (AvgIpc) is 2.28. The lowest BCUT2D eigenvalue weighted by molar-refractivity contribution is -0.122. The van der Waals surface area contributed by atoms with E-state index in [1.807, 2.05) is 13.8 Å². The van der Waals surface area contributed by atoms with E-state index < -0.39 is 0 Å². The molecular formula is C11H19N5O.